The van der Waals surface area contributed by atoms with Gasteiger partial charge in [0.1, 0.15) is 0 Å². The van der Waals surface area contributed by atoms with Crippen LogP contribution in [0.4, 0.5) is 0 Å². The van der Waals surface area contributed by atoms with E-state index in [-0.39, 0.29) is 24.8 Å². The molecule has 20 heavy (non-hydrogen) atoms. The van der Waals surface area contributed by atoms with Gasteiger partial charge in [0.05, 0.1) is 24.9 Å². The molecule has 2 aromatic rings. The van der Waals surface area contributed by atoms with Crippen LogP contribution in [0.1, 0.15) is 5.69 Å². The fraction of sp³-hybridized carbons (Fsp3) is 0.308. The third-order valence-corrected chi connectivity index (χ3v) is 3.61. The number of carbonyl (C=O) groups excluding carboxylic acids is 2. The summed E-state index contributed by atoms with van der Waals surface area (Å²) in [6, 6.07) is 3.61. The number of likely N-dealkylation sites (N-methyl/N-ethyl adjacent to an activating group) is 2. The molecule has 0 saturated heterocycles. The molecule has 0 unspecified atom stereocenters. The van der Waals surface area contributed by atoms with Crippen molar-refractivity contribution in [3.8, 4) is 10.8 Å². The second-order valence-electron chi connectivity index (χ2n) is 4.22. The molecule has 2 heterocycles. The summed E-state index contributed by atoms with van der Waals surface area (Å²) in [7, 11) is 3.13. The molecular weight excluding hydrogens is 278 g/mol. The summed E-state index contributed by atoms with van der Waals surface area (Å²) in [4.78, 5) is 28.9. The van der Waals surface area contributed by atoms with Gasteiger partial charge in [-0.15, -0.1) is 11.3 Å². The molecule has 6 nitrogen and oxygen atoms in total. The largest absolute Gasteiger partial charge is 0.462 e. The summed E-state index contributed by atoms with van der Waals surface area (Å²) in [5, 5.41) is 5.04. The van der Waals surface area contributed by atoms with Crippen molar-refractivity contribution < 1.29 is 14.0 Å². The molecule has 2 rings (SSSR count). The van der Waals surface area contributed by atoms with Gasteiger partial charge < -0.3 is 14.6 Å². The highest BCUT2D eigenvalue weighted by Gasteiger charge is 2.15. The molecule has 2 aromatic heterocycles. The van der Waals surface area contributed by atoms with E-state index in [4.69, 9.17) is 4.42 Å². The lowest BCUT2D eigenvalue weighted by Gasteiger charge is -2.15. The number of rotatable bonds is 5. The number of amides is 2. The average molecular weight is 293 g/mol. The van der Waals surface area contributed by atoms with Crippen molar-refractivity contribution in [2.75, 3.05) is 20.6 Å². The van der Waals surface area contributed by atoms with E-state index < -0.39 is 0 Å². The number of aromatic nitrogens is 1. The van der Waals surface area contributed by atoms with Crippen molar-refractivity contribution in [3.63, 3.8) is 0 Å². The molecule has 0 spiro atoms. The Morgan fingerprint density at radius 3 is 2.95 bits per heavy atom. The first kappa shape index (κ1) is 14.3. The van der Waals surface area contributed by atoms with Crippen molar-refractivity contribution in [2.45, 2.75) is 6.42 Å². The van der Waals surface area contributed by atoms with Crippen LogP contribution in [0.3, 0.4) is 0 Å². The zero-order valence-corrected chi connectivity index (χ0v) is 12.1. The van der Waals surface area contributed by atoms with Gasteiger partial charge in [-0.1, -0.05) is 0 Å². The topological polar surface area (TPSA) is 75.4 Å². The van der Waals surface area contributed by atoms with Gasteiger partial charge in [0, 0.05) is 19.5 Å². The number of furan rings is 1. The zero-order valence-electron chi connectivity index (χ0n) is 11.3. The molecule has 106 valence electrons. The average Bonchev–Trinajstić information content (AvgIpc) is 3.08. The van der Waals surface area contributed by atoms with Crippen LogP contribution < -0.4 is 5.32 Å². The Morgan fingerprint density at radius 2 is 2.30 bits per heavy atom. The lowest BCUT2D eigenvalue weighted by molar-refractivity contribution is -0.134. The van der Waals surface area contributed by atoms with Crippen molar-refractivity contribution >= 4 is 23.2 Å². The standard InChI is InChI=1S/C13H15N3O3S/c1-14-11(17)7-16(2)12(18)6-9-8-20-13(15-9)10-4-3-5-19-10/h3-5,8H,6-7H2,1-2H3,(H,14,17). The molecule has 2 amide bonds. The lowest BCUT2D eigenvalue weighted by atomic mass is 10.3. The third kappa shape index (κ3) is 3.45. The summed E-state index contributed by atoms with van der Waals surface area (Å²) in [6.07, 6.45) is 1.75. The maximum atomic E-state index is 11.9. The highest BCUT2D eigenvalue weighted by Crippen LogP contribution is 2.24. The second kappa shape index (κ2) is 6.33. The maximum Gasteiger partial charge on any atom is 0.239 e. The van der Waals surface area contributed by atoms with E-state index in [0.717, 1.165) is 5.01 Å². The maximum absolute atomic E-state index is 11.9. The molecule has 0 saturated carbocycles. The molecule has 0 atom stereocenters. The predicted molar refractivity (Wildman–Crippen MR) is 75.2 cm³/mol. The molecule has 1 N–H and O–H groups in total. The van der Waals surface area contributed by atoms with Crippen LogP contribution in [0.5, 0.6) is 0 Å². The van der Waals surface area contributed by atoms with E-state index in [1.165, 1.54) is 23.3 Å². The fourth-order valence-corrected chi connectivity index (χ4v) is 2.36. The molecule has 0 fully saturated rings. The molecule has 0 radical (unpaired) electrons. The van der Waals surface area contributed by atoms with E-state index in [0.29, 0.717) is 11.5 Å². The number of hydrogen-bond acceptors (Lipinski definition) is 5. The van der Waals surface area contributed by atoms with Gasteiger partial charge in [0.2, 0.25) is 11.8 Å². The highest BCUT2D eigenvalue weighted by atomic mass is 32.1. The van der Waals surface area contributed by atoms with E-state index in [1.807, 2.05) is 11.4 Å². The minimum Gasteiger partial charge on any atom is -0.462 e. The summed E-state index contributed by atoms with van der Waals surface area (Å²) in [5.74, 6) is 0.340. The zero-order chi connectivity index (χ0) is 14.5. The van der Waals surface area contributed by atoms with Gasteiger partial charge in [-0.3, -0.25) is 9.59 Å². The van der Waals surface area contributed by atoms with E-state index in [2.05, 4.69) is 10.3 Å². The summed E-state index contributed by atoms with van der Waals surface area (Å²) in [5.41, 5.74) is 0.676. The Balaban J connectivity index is 1.96. The van der Waals surface area contributed by atoms with Crippen LogP contribution in [0.15, 0.2) is 28.2 Å². The summed E-state index contributed by atoms with van der Waals surface area (Å²) in [6.45, 7) is 0.0461. The van der Waals surface area contributed by atoms with Crippen LogP contribution in [-0.2, 0) is 16.0 Å². The Morgan fingerprint density at radius 1 is 1.50 bits per heavy atom. The first-order valence-electron chi connectivity index (χ1n) is 6.03. The Bertz CT molecular complexity index is 592. The first-order chi connectivity index (χ1) is 9.60. The number of hydrogen-bond donors (Lipinski definition) is 1. The summed E-state index contributed by atoms with van der Waals surface area (Å²) >= 11 is 1.42. The Kier molecular flexibility index (Phi) is 4.52. The highest BCUT2D eigenvalue weighted by molar-refractivity contribution is 7.13. The number of nitrogens with one attached hydrogen (secondary N) is 1. The quantitative estimate of drug-likeness (QED) is 0.897. The molecule has 0 aliphatic rings. The lowest BCUT2D eigenvalue weighted by Crippen LogP contribution is -2.37. The van der Waals surface area contributed by atoms with Crippen molar-refractivity contribution in [1.29, 1.82) is 0 Å². The third-order valence-electron chi connectivity index (χ3n) is 2.70. The summed E-state index contributed by atoms with van der Waals surface area (Å²) < 4.78 is 5.25. The smallest absolute Gasteiger partial charge is 0.239 e. The Labute approximate surface area is 120 Å². The van der Waals surface area contributed by atoms with Gasteiger partial charge in [-0.2, -0.15) is 0 Å². The molecule has 0 bridgehead atoms. The van der Waals surface area contributed by atoms with E-state index in [9.17, 15) is 9.59 Å². The van der Waals surface area contributed by atoms with Gasteiger partial charge >= 0.3 is 0 Å². The Hall–Kier alpha value is -2.15. The van der Waals surface area contributed by atoms with E-state index >= 15 is 0 Å². The minimum absolute atomic E-state index is 0.0461. The molecule has 7 heteroatoms. The minimum atomic E-state index is -0.199. The monoisotopic (exact) mass is 293 g/mol. The van der Waals surface area contributed by atoms with Gasteiger partial charge in [0.15, 0.2) is 10.8 Å². The van der Waals surface area contributed by atoms with Crippen LogP contribution >= 0.6 is 11.3 Å². The number of nitrogens with zero attached hydrogens (tertiary/aromatic N) is 2. The predicted octanol–water partition coefficient (Wildman–Crippen LogP) is 1.15. The molecular formula is C13H15N3O3S. The van der Waals surface area contributed by atoms with Crippen LogP contribution in [0, 0.1) is 0 Å². The normalized spacial score (nSPS) is 10.3. The first-order valence-corrected chi connectivity index (χ1v) is 6.91. The molecule has 0 aliphatic carbocycles. The van der Waals surface area contributed by atoms with Gasteiger partial charge in [-0.05, 0) is 12.1 Å². The SMILES string of the molecule is CNC(=O)CN(C)C(=O)Cc1csc(-c2ccco2)n1. The second-order valence-corrected chi connectivity index (χ2v) is 5.08. The molecule has 0 aliphatic heterocycles. The number of thiazole rings is 1. The van der Waals surface area contributed by atoms with Crippen molar-refractivity contribution in [1.82, 2.24) is 15.2 Å². The van der Waals surface area contributed by atoms with Crippen LogP contribution in [-0.4, -0.2) is 42.3 Å². The van der Waals surface area contributed by atoms with Gasteiger partial charge in [-0.25, -0.2) is 4.98 Å². The van der Waals surface area contributed by atoms with Crippen molar-refractivity contribution in [2.24, 2.45) is 0 Å². The van der Waals surface area contributed by atoms with E-state index in [1.54, 1.807) is 19.4 Å². The van der Waals surface area contributed by atoms with Crippen LogP contribution in [0.2, 0.25) is 0 Å². The fourth-order valence-electron chi connectivity index (χ4n) is 1.57. The number of carbonyl (C=O) groups is 2. The van der Waals surface area contributed by atoms with Crippen molar-refractivity contribution in [3.05, 3.63) is 29.5 Å². The van der Waals surface area contributed by atoms with Crippen LogP contribution in [0.25, 0.3) is 10.8 Å². The molecule has 0 aromatic carbocycles. The van der Waals surface area contributed by atoms with Gasteiger partial charge in [0.25, 0.3) is 0 Å².